The first kappa shape index (κ1) is 26.2. The summed E-state index contributed by atoms with van der Waals surface area (Å²) in [5, 5.41) is 4.56. The first-order valence-corrected chi connectivity index (χ1v) is 10.8. The monoisotopic (exact) mass is 485 g/mol. The van der Waals surface area contributed by atoms with Crippen LogP contribution >= 0.6 is 46.4 Å². The Hall–Kier alpha value is -0.850. The molecule has 0 fully saturated rings. The fourth-order valence-electron chi connectivity index (χ4n) is 2.08. The van der Waals surface area contributed by atoms with E-state index in [1.165, 1.54) is 6.08 Å². The number of hydrogen-bond acceptors (Lipinski definition) is 5. The van der Waals surface area contributed by atoms with Crippen LogP contribution in [0.15, 0.2) is 27.9 Å². The Balaban J connectivity index is 2.33. The van der Waals surface area contributed by atoms with Gasteiger partial charge >= 0.3 is 0 Å². The van der Waals surface area contributed by atoms with Crippen molar-refractivity contribution in [1.29, 1.82) is 0 Å². The number of halogens is 4. The van der Waals surface area contributed by atoms with Crippen LogP contribution in [0.1, 0.15) is 33.6 Å². The highest BCUT2D eigenvalue weighted by Gasteiger charge is 2.14. The molecule has 0 saturated carbocycles. The SMILES string of the molecule is CC(C)CON=CCOCCCC(C)Oc1c(Cl)cc(OCC=C(Cl)Cl)cc1Cl. The number of hydrogen-bond donors (Lipinski definition) is 0. The van der Waals surface area contributed by atoms with Crippen molar-refractivity contribution in [2.75, 3.05) is 26.4 Å². The fourth-order valence-corrected chi connectivity index (χ4v) is 2.76. The van der Waals surface area contributed by atoms with Gasteiger partial charge in [-0.2, -0.15) is 0 Å². The van der Waals surface area contributed by atoms with Gasteiger partial charge in [-0.15, -0.1) is 0 Å². The Labute approximate surface area is 192 Å². The molecule has 0 heterocycles. The molecule has 0 aliphatic rings. The summed E-state index contributed by atoms with van der Waals surface area (Å²) in [4.78, 5) is 5.09. The van der Waals surface area contributed by atoms with Crippen LogP contribution in [0, 0.1) is 5.92 Å². The van der Waals surface area contributed by atoms with E-state index in [-0.39, 0.29) is 17.2 Å². The van der Waals surface area contributed by atoms with Crippen molar-refractivity contribution in [3.8, 4) is 11.5 Å². The van der Waals surface area contributed by atoms with Gasteiger partial charge in [0.25, 0.3) is 0 Å². The largest absolute Gasteiger partial charge is 0.489 e. The molecule has 0 spiro atoms. The van der Waals surface area contributed by atoms with Crippen LogP contribution in [0.25, 0.3) is 0 Å². The van der Waals surface area contributed by atoms with Gasteiger partial charge in [-0.25, -0.2) is 0 Å². The Morgan fingerprint density at radius 3 is 2.41 bits per heavy atom. The Bertz CT molecular complexity index is 641. The molecular formula is C20H27Cl4NO4. The third-order valence-corrected chi connectivity index (χ3v) is 4.30. The highest BCUT2D eigenvalue weighted by Crippen LogP contribution is 2.37. The molecular weight excluding hydrogens is 460 g/mol. The molecule has 0 saturated heterocycles. The molecule has 0 aliphatic heterocycles. The lowest BCUT2D eigenvalue weighted by atomic mass is 10.2. The van der Waals surface area contributed by atoms with Crippen molar-refractivity contribution < 1.29 is 19.0 Å². The average Bonchev–Trinajstić information content (AvgIpc) is 2.63. The van der Waals surface area contributed by atoms with Crippen LogP contribution in [-0.2, 0) is 9.57 Å². The van der Waals surface area contributed by atoms with Gasteiger partial charge in [0.1, 0.15) is 23.5 Å². The Morgan fingerprint density at radius 2 is 1.79 bits per heavy atom. The molecule has 0 amide bonds. The van der Waals surface area contributed by atoms with E-state index in [0.717, 1.165) is 12.8 Å². The van der Waals surface area contributed by atoms with Crippen molar-refractivity contribution >= 4 is 52.6 Å². The van der Waals surface area contributed by atoms with Crippen molar-refractivity contribution in [1.82, 2.24) is 0 Å². The average molecular weight is 487 g/mol. The number of nitrogens with zero attached hydrogens (tertiary/aromatic N) is 1. The number of benzene rings is 1. The molecule has 1 unspecified atom stereocenters. The molecule has 9 heteroatoms. The normalized spacial score (nSPS) is 12.3. The molecule has 0 aliphatic carbocycles. The number of rotatable bonds is 14. The molecule has 0 aromatic heterocycles. The predicted molar refractivity (Wildman–Crippen MR) is 121 cm³/mol. The third-order valence-electron chi connectivity index (χ3n) is 3.43. The van der Waals surface area contributed by atoms with E-state index in [4.69, 9.17) is 65.5 Å². The van der Waals surface area contributed by atoms with Gasteiger partial charge in [-0.1, -0.05) is 65.4 Å². The molecule has 0 bridgehead atoms. The van der Waals surface area contributed by atoms with Gasteiger partial charge in [-0.05, 0) is 31.8 Å². The van der Waals surface area contributed by atoms with Crippen molar-refractivity contribution in [2.45, 2.75) is 39.7 Å². The van der Waals surface area contributed by atoms with E-state index in [9.17, 15) is 0 Å². The lowest BCUT2D eigenvalue weighted by molar-refractivity contribution is 0.113. The number of oxime groups is 1. The van der Waals surface area contributed by atoms with Gasteiger partial charge in [0.15, 0.2) is 5.75 Å². The molecule has 1 aromatic rings. The smallest absolute Gasteiger partial charge is 0.157 e. The number of ether oxygens (including phenoxy) is 3. The van der Waals surface area contributed by atoms with Gasteiger partial charge in [0.05, 0.1) is 29.0 Å². The second-order valence-corrected chi connectivity index (χ2v) is 8.47. The van der Waals surface area contributed by atoms with Crippen LogP contribution in [0.2, 0.25) is 10.0 Å². The van der Waals surface area contributed by atoms with E-state index in [2.05, 4.69) is 19.0 Å². The quantitative estimate of drug-likeness (QED) is 0.163. The molecule has 164 valence electrons. The van der Waals surface area contributed by atoms with Crippen molar-refractivity contribution in [3.63, 3.8) is 0 Å². The summed E-state index contributed by atoms with van der Waals surface area (Å²) in [6, 6.07) is 3.27. The van der Waals surface area contributed by atoms with Crippen LogP contribution in [0.5, 0.6) is 11.5 Å². The highest BCUT2D eigenvalue weighted by molar-refractivity contribution is 6.55. The first-order valence-electron chi connectivity index (χ1n) is 9.30. The summed E-state index contributed by atoms with van der Waals surface area (Å²) in [5.74, 6) is 1.38. The molecule has 0 radical (unpaired) electrons. The van der Waals surface area contributed by atoms with E-state index >= 15 is 0 Å². The van der Waals surface area contributed by atoms with Gasteiger partial charge in [0, 0.05) is 18.7 Å². The Morgan fingerprint density at radius 1 is 1.10 bits per heavy atom. The zero-order valence-electron chi connectivity index (χ0n) is 16.8. The summed E-state index contributed by atoms with van der Waals surface area (Å²) in [6.07, 6.45) is 4.66. The maximum atomic E-state index is 6.28. The van der Waals surface area contributed by atoms with Crippen molar-refractivity contribution in [3.05, 3.63) is 32.7 Å². The van der Waals surface area contributed by atoms with Crippen LogP contribution in [-0.4, -0.2) is 38.7 Å². The summed E-state index contributed by atoms with van der Waals surface area (Å²) in [7, 11) is 0. The zero-order chi connectivity index (χ0) is 21.6. The second kappa shape index (κ2) is 15.0. The summed E-state index contributed by atoms with van der Waals surface area (Å²) >= 11 is 23.6. The van der Waals surface area contributed by atoms with Crippen LogP contribution in [0.4, 0.5) is 0 Å². The predicted octanol–water partition coefficient (Wildman–Crippen LogP) is 6.91. The molecule has 1 aromatic carbocycles. The summed E-state index contributed by atoms with van der Waals surface area (Å²) in [6.45, 7) is 7.89. The standard InChI is InChI=1S/C20H27Cl4NO4/c1-14(2)13-28-25-7-10-26-8-4-5-15(3)29-20-17(21)11-16(12-18(20)22)27-9-6-19(23)24/h6-7,11-12,14-15H,4-5,8-10,13H2,1-3H3. The minimum absolute atomic E-state index is 0.0820. The van der Waals surface area contributed by atoms with Gasteiger partial charge < -0.3 is 19.0 Å². The second-order valence-electron chi connectivity index (χ2n) is 6.64. The fraction of sp³-hybridized carbons (Fsp3) is 0.550. The zero-order valence-corrected chi connectivity index (χ0v) is 19.8. The topological polar surface area (TPSA) is 49.3 Å². The first-order chi connectivity index (χ1) is 13.8. The van der Waals surface area contributed by atoms with E-state index in [1.54, 1.807) is 18.3 Å². The van der Waals surface area contributed by atoms with E-state index < -0.39 is 0 Å². The molecule has 0 N–H and O–H groups in total. The lowest BCUT2D eigenvalue weighted by Crippen LogP contribution is -2.13. The highest BCUT2D eigenvalue weighted by atomic mass is 35.5. The van der Waals surface area contributed by atoms with Crippen LogP contribution < -0.4 is 9.47 Å². The summed E-state index contributed by atoms with van der Waals surface area (Å²) < 4.78 is 17.0. The summed E-state index contributed by atoms with van der Waals surface area (Å²) in [5.41, 5.74) is 0. The van der Waals surface area contributed by atoms with Crippen LogP contribution in [0.3, 0.4) is 0 Å². The Kier molecular flexibility index (Phi) is 13.6. The maximum absolute atomic E-state index is 6.28. The minimum Gasteiger partial charge on any atom is -0.489 e. The van der Waals surface area contributed by atoms with Gasteiger partial charge in [0.2, 0.25) is 0 Å². The van der Waals surface area contributed by atoms with E-state index in [1.807, 2.05) is 6.92 Å². The van der Waals surface area contributed by atoms with Crippen molar-refractivity contribution in [2.24, 2.45) is 11.1 Å². The van der Waals surface area contributed by atoms with Gasteiger partial charge in [-0.3, -0.25) is 0 Å². The van der Waals surface area contributed by atoms with E-state index in [0.29, 0.717) is 47.3 Å². The maximum Gasteiger partial charge on any atom is 0.157 e. The molecule has 29 heavy (non-hydrogen) atoms. The molecule has 5 nitrogen and oxygen atoms in total. The molecule has 1 rings (SSSR count). The minimum atomic E-state index is -0.0820. The molecule has 1 atom stereocenters. The lowest BCUT2D eigenvalue weighted by Gasteiger charge is -2.17. The third kappa shape index (κ3) is 12.4.